The smallest absolute Gasteiger partial charge is 0.250 e. The molecule has 0 aromatic heterocycles. The molecule has 0 aliphatic carbocycles. The quantitative estimate of drug-likeness (QED) is 0.905. The molecule has 1 amide bonds. The van der Waals surface area contributed by atoms with Gasteiger partial charge in [0, 0.05) is 10.8 Å². The van der Waals surface area contributed by atoms with Crippen LogP contribution in [0.4, 0.5) is 0 Å². The van der Waals surface area contributed by atoms with Gasteiger partial charge in [-0.15, -0.1) is 0 Å². The number of hydrogen-bond acceptors (Lipinski definition) is 2. The van der Waals surface area contributed by atoms with Crippen LogP contribution in [-0.4, -0.2) is 11.4 Å². The lowest BCUT2D eigenvalue weighted by Gasteiger charge is -2.23. The Hall–Kier alpha value is -2.42. The molecule has 0 bridgehead atoms. The van der Waals surface area contributed by atoms with Gasteiger partial charge in [0.05, 0.1) is 10.9 Å². The van der Waals surface area contributed by atoms with E-state index in [1.807, 2.05) is 75.4 Å². The zero-order chi connectivity index (χ0) is 15.7. The van der Waals surface area contributed by atoms with E-state index in [2.05, 4.69) is 5.32 Å². The monoisotopic (exact) mass is 292 g/mol. The third-order valence-electron chi connectivity index (χ3n) is 3.58. The fourth-order valence-electron chi connectivity index (χ4n) is 2.70. The first kappa shape index (κ1) is 14.5. The number of amides is 1. The van der Waals surface area contributed by atoms with Crippen LogP contribution >= 0.6 is 0 Å². The van der Waals surface area contributed by atoms with Gasteiger partial charge in [-0.3, -0.25) is 9.79 Å². The summed E-state index contributed by atoms with van der Waals surface area (Å²) in [5, 5.41) is 4.88. The van der Waals surface area contributed by atoms with E-state index in [0.29, 0.717) is 0 Å². The number of benzene rings is 2. The normalized spacial score (nSPS) is 16.9. The zero-order valence-corrected chi connectivity index (χ0v) is 13.1. The van der Waals surface area contributed by atoms with Gasteiger partial charge in [-0.25, -0.2) is 0 Å². The third kappa shape index (κ3) is 2.80. The number of carbonyl (C=O) groups excluding carboxylic acids is 1. The molecule has 2 aromatic carbocycles. The molecule has 1 unspecified atom stereocenters. The van der Waals surface area contributed by atoms with Crippen molar-refractivity contribution in [2.45, 2.75) is 32.4 Å². The predicted molar refractivity (Wildman–Crippen MR) is 87.7 cm³/mol. The first-order chi connectivity index (χ1) is 10.5. The molecule has 2 aromatic rings. The SMILES string of the molecule is CC(C)(C)NC(=O)C1=c2ccccc2=NC1c1ccccc1. The second kappa shape index (κ2) is 5.41. The van der Waals surface area contributed by atoms with Gasteiger partial charge in [0.25, 0.3) is 5.91 Å². The van der Waals surface area contributed by atoms with E-state index in [9.17, 15) is 4.79 Å². The topological polar surface area (TPSA) is 41.5 Å². The molecule has 0 saturated carbocycles. The Labute approximate surface area is 130 Å². The van der Waals surface area contributed by atoms with Crippen molar-refractivity contribution in [3.05, 3.63) is 70.7 Å². The second-order valence-electron chi connectivity index (χ2n) is 6.58. The van der Waals surface area contributed by atoms with E-state index >= 15 is 0 Å². The first-order valence-corrected chi connectivity index (χ1v) is 7.50. The second-order valence-corrected chi connectivity index (χ2v) is 6.58. The van der Waals surface area contributed by atoms with Gasteiger partial charge < -0.3 is 5.32 Å². The minimum absolute atomic E-state index is 0.0462. The first-order valence-electron chi connectivity index (χ1n) is 7.50. The number of nitrogens with one attached hydrogen (secondary N) is 1. The fraction of sp³-hybridized carbons (Fsp3) is 0.263. The van der Waals surface area contributed by atoms with Crippen LogP contribution in [-0.2, 0) is 4.79 Å². The lowest BCUT2D eigenvalue weighted by molar-refractivity contribution is -0.117. The summed E-state index contributed by atoms with van der Waals surface area (Å²) in [4.78, 5) is 17.6. The summed E-state index contributed by atoms with van der Waals surface area (Å²) in [6, 6.07) is 17.6. The summed E-state index contributed by atoms with van der Waals surface area (Å²) in [6.07, 6.45) is 0. The van der Waals surface area contributed by atoms with Crippen LogP contribution in [0.1, 0.15) is 32.4 Å². The molecule has 22 heavy (non-hydrogen) atoms. The summed E-state index contributed by atoms with van der Waals surface area (Å²) in [5.74, 6) is -0.0462. The number of fused-ring (bicyclic) bond motifs is 1. The molecule has 1 heterocycles. The van der Waals surface area contributed by atoms with Crippen molar-refractivity contribution in [3.8, 4) is 0 Å². The summed E-state index contributed by atoms with van der Waals surface area (Å²) in [5.41, 5.74) is 1.50. The number of nitrogens with zero attached hydrogens (tertiary/aromatic N) is 1. The Morgan fingerprint density at radius 2 is 1.64 bits per heavy atom. The van der Waals surface area contributed by atoms with E-state index in [4.69, 9.17) is 4.99 Å². The third-order valence-corrected chi connectivity index (χ3v) is 3.58. The Bertz CT molecular complexity index is 817. The van der Waals surface area contributed by atoms with Crippen LogP contribution in [0.15, 0.2) is 59.6 Å². The maximum atomic E-state index is 12.8. The highest BCUT2D eigenvalue weighted by Crippen LogP contribution is 2.27. The van der Waals surface area contributed by atoms with E-state index in [0.717, 1.165) is 21.7 Å². The number of hydrogen-bond donors (Lipinski definition) is 1. The highest BCUT2D eigenvalue weighted by atomic mass is 16.1. The van der Waals surface area contributed by atoms with Gasteiger partial charge in [-0.2, -0.15) is 0 Å². The van der Waals surface area contributed by atoms with Crippen molar-refractivity contribution in [1.82, 2.24) is 5.32 Å². The van der Waals surface area contributed by atoms with Crippen molar-refractivity contribution in [1.29, 1.82) is 0 Å². The maximum absolute atomic E-state index is 12.8. The molecule has 1 aliphatic rings. The number of rotatable bonds is 2. The number of para-hydroxylation sites is 1. The van der Waals surface area contributed by atoms with E-state index in [1.165, 1.54) is 0 Å². The lowest BCUT2D eigenvalue weighted by atomic mass is 9.97. The molecule has 0 fully saturated rings. The molecule has 3 nitrogen and oxygen atoms in total. The Morgan fingerprint density at radius 3 is 2.32 bits per heavy atom. The largest absolute Gasteiger partial charge is 0.348 e. The van der Waals surface area contributed by atoms with Gasteiger partial charge >= 0.3 is 0 Å². The molecular weight excluding hydrogens is 272 g/mol. The Kier molecular flexibility index (Phi) is 3.57. The van der Waals surface area contributed by atoms with Crippen molar-refractivity contribution in [2.75, 3.05) is 0 Å². The molecule has 0 radical (unpaired) electrons. The highest BCUT2D eigenvalue weighted by Gasteiger charge is 2.28. The zero-order valence-electron chi connectivity index (χ0n) is 13.1. The maximum Gasteiger partial charge on any atom is 0.250 e. The molecule has 0 spiro atoms. The molecule has 1 N–H and O–H groups in total. The van der Waals surface area contributed by atoms with Crippen LogP contribution < -0.4 is 15.9 Å². The molecule has 3 rings (SSSR count). The molecule has 3 heteroatoms. The summed E-state index contributed by atoms with van der Waals surface area (Å²) >= 11 is 0. The summed E-state index contributed by atoms with van der Waals surface area (Å²) in [6.45, 7) is 5.96. The highest BCUT2D eigenvalue weighted by molar-refractivity contribution is 6.15. The van der Waals surface area contributed by atoms with Crippen LogP contribution in [0.2, 0.25) is 0 Å². The van der Waals surface area contributed by atoms with Crippen molar-refractivity contribution in [3.63, 3.8) is 0 Å². The van der Waals surface area contributed by atoms with Crippen LogP contribution in [0.25, 0.3) is 5.57 Å². The fourth-order valence-corrected chi connectivity index (χ4v) is 2.70. The average molecular weight is 292 g/mol. The van der Waals surface area contributed by atoms with Gasteiger partial charge in [0.15, 0.2) is 0 Å². The van der Waals surface area contributed by atoms with E-state index in [1.54, 1.807) is 0 Å². The molecular formula is C19H20N2O. The predicted octanol–water partition coefficient (Wildman–Crippen LogP) is 2.13. The Morgan fingerprint density at radius 1 is 1.00 bits per heavy atom. The molecule has 1 aliphatic heterocycles. The molecule has 112 valence electrons. The minimum atomic E-state index is -0.275. The lowest BCUT2D eigenvalue weighted by Crippen LogP contribution is -2.43. The minimum Gasteiger partial charge on any atom is -0.348 e. The van der Waals surface area contributed by atoms with Crippen molar-refractivity contribution in [2.24, 2.45) is 4.99 Å². The van der Waals surface area contributed by atoms with Gasteiger partial charge in [-0.05, 0) is 32.4 Å². The summed E-state index contributed by atoms with van der Waals surface area (Å²) < 4.78 is 0. The average Bonchev–Trinajstić information content (AvgIpc) is 2.86. The van der Waals surface area contributed by atoms with Crippen molar-refractivity contribution < 1.29 is 4.79 Å². The van der Waals surface area contributed by atoms with Gasteiger partial charge in [0.2, 0.25) is 0 Å². The molecule has 0 saturated heterocycles. The van der Waals surface area contributed by atoms with Gasteiger partial charge in [-0.1, -0.05) is 48.5 Å². The van der Waals surface area contributed by atoms with Crippen molar-refractivity contribution >= 4 is 11.5 Å². The van der Waals surface area contributed by atoms with E-state index < -0.39 is 0 Å². The summed E-state index contributed by atoms with van der Waals surface area (Å²) in [7, 11) is 0. The standard InChI is InChI=1S/C19H20N2O/c1-19(2,3)21-18(22)16-14-11-7-8-12-15(14)20-17(16)13-9-5-4-6-10-13/h4-12,17H,1-3H3,(H,21,22). The Balaban J connectivity index is 2.14. The molecule has 1 atom stereocenters. The van der Waals surface area contributed by atoms with Crippen LogP contribution in [0.3, 0.4) is 0 Å². The number of carbonyl (C=O) groups is 1. The van der Waals surface area contributed by atoms with Crippen LogP contribution in [0, 0.1) is 0 Å². The van der Waals surface area contributed by atoms with Crippen LogP contribution in [0.5, 0.6) is 0 Å². The van der Waals surface area contributed by atoms with Gasteiger partial charge in [0.1, 0.15) is 6.04 Å². The van der Waals surface area contributed by atoms with E-state index in [-0.39, 0.29) is 17.5 Å².